The number of hydrogen-bond acceptors (Lipinski definition) is 6. The molecule has 5 rings (SSSR count). The highest BCUT2D eigenvalue weighted by Crippen LogP contribution is 2.41. The van der Waals surface area contributed by atoms with Crippen LogP contribution in [0.25, 0.3) is 33.2 Å². The fourth-order valence-corrected chi connectivity index (χ4v) is 3.96. The Labute approximate surface area is 201 Å². The minimum Gasteiger partial charge on any atom is -0.439 e. The molecule has 8 nitrogen and oxygen atoms in total. The topological polar surface area (TPSA) is 119 Å². The van der Waals surface area contributed by atoms with Crippen LogP contribution in [0.2, 0.25) is 0 Å². The van der Waals surface area contributed by atoms with Crippen molar-refractivity contribution < 1.29 is 9.53 Å². The van der Waals surface area contributed by atoms with Gasteiger partial charge in [0.2, 0.25) is 11.8 Å². The molecule has 0 bridgehead atoms. The van der Waals surface area contributed by atoms with Gasteiger partial charge in [-0.05, 0) is 60.0 Å². The first-order valence-corrected chi connectivity index (χ1v) is 10.9. The molecule has 0 aliphatic heterocycles. The molecule has 2 aromatic carbocycles. The molecular weight excluding hydrogens is 440 g/mol. The number of benzene rings is 2. The van der Waals surface area contributed by atoms with Crippen LogP contribution in [0.4, 0.5) is 11.6 Å². The third-order valence-corrected chi connectivity index (χ3v) is 5.60. The zero-order valence-electron chi connectivity index (χ0n) is 18.9. The van der Waals surface area contributed by atoms with Gasteiger partial charge in [0.1, 0.15) is 11.6 Å². The lowest BCUT2D eigenvalue weighted by Gasteiger charge is -2.15. The number of H-pyrrole nitrogens is 1. The number of fused-ring (bicyclic) bond motifs is 1. The van der Waals surface area contributed by atoms with Crippen LogP contribution >= 0.6 is 0 Å². The molecule has 0 unspecified atom stereocenters. The van der Waals surface area contributed by atoms with Crippen LogP contribution in [0.3, 0.4) is 0 Å². The molecule has 8 heteroatoms. The van der Waals surface area contributed by atoms with E-state index in [2.05, 4.69) is 32.1 Å². The second-order valence-corrected chi connectivity index (χ2v) is 7.89. The number of pyridine rings is 2. The van der Waals surface area contributed by atoms with Crippen molar-refractivity contribution in [2.45, 2.75) is 6.92 Å². The molecule has 0 aliphatic rings. The largest absolute Gasteiger partial charge is 0.439 e. The number of anilines is 2. The van der Waals surface area contributed by atoms with Gasteiger partial charge < -0.3 is 15.8 Å². The van der Waals surface area contributed by atoms with Crippen molar-refractivity contribution in [3.8, 4) is 33.9 Å². The molecule has 3 heterocycles. The van der Waals surface area contributed by atoms with Gasteiger partial charge in [-0.25, -0.2) is 9.97 Å². The molecule has 5 aromatic rings. The van der Waals surface area contributed by atoms with Crippen LogP contribution in [0.1, 0.15) is 5.56 Å². The van der Waals surface area contributed by atoms with Crippen molar-refractivity contribution in [3.05, 3.63) is 91.3 Å². The Morgan fingerprint density at radius 1 is 1.09 bits per heavy atom. The van der Waals surface area contributed by atoms with E-state index >= 15 is 0 Å². The number of nitrogen functional groups attached to an aromatic ring is 1. The summed E-state index contributed by atoms with van der Waals surface area (Å²) in [4.78, 5) is 20.3. The SMILES string of the molecule is C=CC(=O)Nc1cc(C)c(-c2ccc3[nH]nc(N)c3c2-c2ccc(Oc3ccccn3)cc2)cn1. The number of hydrogen-bond donors (Lipinski definition) is 3. The van der Waals surface area contributed by atoms with E-state index in [0.717, 1.165) is 38.7 Å². The molecule has 0 radical (unpaired) electrons. The number of amides is 1. The predicted octanol–water partition coefficient (Wildman–Crippen LogP) is 5.49. The normalized spacial score (nSPS) is 10.8. The van der Waals surface area contributed by atoms with Crippen molar-refractivity contribution in [1.82, 2.24) is 20.2 Å². The van der Waals surface area contributed by atoms with Gasteiger partial charge in [0, 0.05) is 29.6 Å². The zero-order valence-corrected chi connectivity index (χ0v) is 18.9. The van der Waals surface area contributed by atoms with Gasteiger partial charge in [-0.15, -0.1) is 0 Å². The monoisotopic (exact) mass is 462 g/mol. The summed E-state index contributed by atoms with van der Waals surface area (Å²) in [6, 6.07) is 19.0. The molecule has 35 heavy (non-hydrogen) atoms. The minimum absolute atomic E-state index is 0.314. The van der Waals surface area contributed by atoms with Crippen molar-refractivity contribution in [2.24, 2.45) is 0 Å². The lowest BCUT2D eigenvalue weighted by atomic mass is 9.90. The molecule has 4 N–H and O–H groups in total. The number of nitrogens with two attached hydrogens (primary N) is 1. The van der Waals surface area contributed by atoms with Crippen molar-refractivity contribution in [2.75, 3.05) is 11.1 Å². The van der Waals surface area contributed by atoms with Crippen LogP contribution < -0.4 is 15.8 Å². The zero-order chi connectivity index (χ0) is 24.4. The summed E-state index contributed by atoms with van der Waals surface area (Å²) >= 11 is 0. The van der Waals surface area contributed by atoms with Crippen LogP contribution in [0, 0.1) is 6.92 Å². The molecule has 0 spiro atoms. The summed E-state index contributed by atoms with van der Waals surface area (Å²) in [6.07, 6.45) is 4.64. The highest BCUT2D eigenvalue weighted by Gasteiger charge is 2.18. The Hall–Kier alpha value is -4.98. The number of rotatable bonds is 6. The van der Waals surface area contributed by atoms with Crippen molar-refractivity contribution >= 4 is 28.4 Å². The average Bonchev–Trinajstić information content (AvgIpc) is 3.25. The molecule has 0 atom stereocenters. The smallest absolute Gasteiger partial charge is 0.248 e. The average molecular weight is 463 g/mol. The number of ether oxygens (including phenoxy) is 1. The molecule has 3 aromatic heterocycles. The first kappa shape index (κ1) is 21.8. The first-order chi connectivity index (χ1) is 17.0. The van der Waals surface area contributed by atoms with Gasteiger partial charge in [0.25, 0.3) is 0 Å². The second-order valence-electron chi connectivity index (χ2n) is 7.89. The third kappa shape index (κ3) is 4.32. The maximum Gasteiger partial charge on any atom is 0.248 e. The summed E-state index contributed by atoms with van der Waals surface area (Å²) in [7, 11) is 0. The van der Waals surface area contributed by atoms with Gasteiger partial charge in [-0.1, -0.05) is 30.8 Å². The Morgan fingerprint density at radius 2 is 1.91 bits per heavy atom. The second kappa shape index (κ2) is 9.11. The highest BCUT2D eigenvalue weighted by atomic mass is 16.5. The van der Waals surface area contributed by atoms with Gasteiger partial charge >= 0.3 is 0 Å². The maximum absolute atomic E-state index is 11.7. The van der Waals surface area contributed by atoms with Crippen LogP contribution in [0.5, 0.6) is 11.6 Å². The molecular formula is C27H22N6O2. The van der Waals surface area contributed by atoms with Crippen LogP contribution in [-0.2, 0) is 4.79 Å². The number of nitrogens with zero attached hydrogens (tertiary/aromatic N) is 3. The van der Waals surface area contributed by atoms with Gasteiger partial charge in [0.05, 0.1) is 10.9 Å². The summed E-state index contributed by atoms with van der Waals surface area (Å²) < 4.78 is 5.85. The number of nitrogens with one attached hydrogen (secondary N) is 2. The van der Waals surface area contributed by atoms with E-state index in [9.17, 15) is 4.79 Å². The Morgan fingerprint density at radius 3 is 2.63 bits per heavy atom. The molecule has 0 fully saturated rings. The van der Waals surface area contributed by atoms with Crippen molar-refractivity contribution in [3.63, 3.8) is 0 Å². The van der Waals surface area contributed by atoms with E-state index in [0.29, 0.717) is 23.3 Å². The van der Waals surface area contributed by atoms with E-state index in [4.69, 9.17) is 10.5 Å². The van der Waals surface area contributed by atoms with Gasteiger partial charge in [-0.3, -0.25) is 9.89 Å². The predicted molar refractivity (Wildman–Crippen MR) is 137 cm³/mol. The van der Waals surface area contributed by atoms with E-state index in [1.807, 2.05) is 61.5 Å². The van der Waals surface area contributed by atoms with Gasteiger partial charge in [0.15, 0.2) is 5.82 Å². The Kier molecular flexibility index (Phi) is 5.68. The maximum atomic E-state index is 11.7. The van der Waals surface area contributed by atoms with E-state index < -0.39 is 0 Å². The fourth-order valence-electron chi connectivity index (χ4n) is 3.96. The van der Waals surface area contributed by atoms with E-state index in [1.54, 1.807) is 18.5 Å². The molecule has 0 saturated heterocycles. The minimum atomic E-state index is -0.314. The third-order valence-electron chi connectivity index (χ3n) is 5.60. The van der Waals surface area contributed by atoms with E-state index in [-0.39, 0.29) is 5.91 Å². The molecule has 0 saturated carbocycles. The number of aromatic amines is 1. The molecule has 172 valence electrons. The first-order valence-electron chi connectivity index (χ1n) is 10.9. The lowest BCUT2D eigenvalue weighted by molar-refractivity contribution is -0.111. The summed E-state index contributed by atoms with van der Waals surface area (Å²) in [6.45, 7) is 5.45. The van der Waals surface area contributed by atoms with Crippen LogP contribution in [-0.4, -0.2) is 26.1 Å². The summed E-state index contributed by atoms with van der Waals surface area (Å²) in [5.41, 5.74) is 11.8. The fraction of sp³-hybridized carbons (Fsp3) is 0.0370. The Balaban J connectivity index is 1.60. The number of carbonyl (C=O) groups excluding carboxylic acids is 1. The number of aromatic nitrogens is 4. The van der Waals surface area contributed by atoms with Gasteiger partial charge in [-0.2, -0.15) is 5.10 Å². The highest BCUT2D eigenvalue weighted by molar-refractivity contribution is 6.08. The number of carbonyl (C=O) groups is 1. The summed E-state index contributed by atoms with van der Waals surface area (Å²) in [5, 5.41) is 10.7. The number of aryl methyl sites for hydroxylation is 1. The lowest BCUT2D eigenvalue weighted by Crippen LogP contribution is -2.09. The standard InChI is InChI=1S/C27H22N6O2/c1-3-23(34)31-22-14-16(2)20(15-30-22)19-11-12-21-26(27(28)33-32-21)25(19)17-7-9-18(10-8-17)35-24-6-4-5-13-29-24/h3-15H,1H2,2H3,(H3,28,32,33)(H,30,31,34). The van der Waals surface area contributed by atoms with Crippen LogP contribution in [0.15, 0.2) is 85.7 Å². The Bertz CT molecular complexity index is 1540. The molecule has 1 amide bonds. The molecule has 0 aliphatic carbocycles. The van der Waals surface area contributed by atoms with Crippen molar-refractivity contribution in [1.29, 1.82) is 0 Å². The van der Waals surface area contributed by atoms with E-state index in [1.165, 1.54) is 6.08 Å². The quantitative estimate of drug-likeness (QED) is 0.287. The summed E-state index contributed by atoms with van der Waals surface area (Å²) in [5.74, 6) is 1.74.